The molecule has 2 heterocycles. The first-order chi connectivity index (χ1) is 12.2. The molecule has 25 heavy (non-hydrogen) atoms. The molecule has 0 aliphatic heterocycles. The minimum absolute atomic E-state index is 0.490. The Morgan fingerprint density at radius 3 is 2.80 bits per heavy atom. The van der Waals surface area contributed by atoms with Gasteiger partial charge in [-0.05, 0) is 42.7 Å². The lowest BCUT2D eigenvalue weighted by Crippen LogP contribution is -1.90. The van der Waals surface area contributed by atoms with Crippen LogP contribution in [0.15, 0.2) is 53.2 Å². The zero-order chi connectivity index (χ0) is 17.2. The molecule has 0 amide bonds. The first-order valence-electron chi connectivity index (χ1n) is 8.04. The fourth-order valence-corrected chi connectivity index (χ4v) is 3.40. The molecule has 0 radical (unpaired) electrons. The summed E-state index contributed by atoms with van der Waals surface area (Å²) in [5, 5.41) is 6.38. The molecule has 0 atom stereocenters. The number of aromatic amines is 1. The third-order valence-electron chi connectivity index (χ3n) is 4.15. The number of nitrogens with one attached hydrogen (secondary N) is 1. The van der Waals surface area contributed by atoms with Gasteiger partial charge in [-0.1, -0.05) is 46.6 Å². The molecule has 0 saturated carbocycles. The van der Waals surface area contributed by atoms with Crippen LogP contribution in [-0.4, -0.2) is 15.1 Å². The molecule has 0 aliphatic carbocycles. The van der Waals surface area contributed by atoms with E-state index in [-0.39, 0.29) is 0 Å². The summed E-state index contributed by atoms with van der Waals surface area (Å²) >= 11 is 12.1. The molecule has 0 saturated heterocycles. The highest BCUT2D eigenvalue weighted by atomic mass is 35.5. The van der Waals surface area contributed by atoms with Gasteiger partial charge in [0.15, 0.2) is 0 Å². The summed E-state index contributed by atoms with van der Waals surface area (Å²) in [6.45, 7) is 0. The second kappa shape index (κ2) is 6.90. The monoisotopic (exact) mass is 371 g/mol. The highest BCUT2D eigenvalue weighted by Gasteiger charge is 2.12. The van der Waals surface area contributed by atoms with E-state index in [1.165, 1.54) is 10.9 Å². The number of fused-ring (bicyclic) bond motifs is 1. The van der Waals surface area contributed by atoms with Crippen molar-refractivity contribution in [1.82, 2.24) is 15.1 Å². The summed E-state index contributed by atoms with van der Waals surface area (Å²) in [6, 6.07) is 13.5. The lowest BCUT2D eigenvalue weighted by Gasteiger charge is -1.99. The molecule has 2 aromatic heterocycles. The summed E-state index contributed by atoms with van der Waals surface area (Å²) in [5.74, 6) is 1.10. The molecular weight excluding hydrogens is 357 g/mol. The van der Waals surface area contributed by atoms with E-state index >= 15 is 0 Å². The Balaban J connectivity index is 1.43. The number of aryl methyl sites for hydroxylation is 2. The minimum Gasteiger partial charge on any atom is -0.361 e. The van der Waals surface area contributed by atoms with Crippen LogP contribution in [0.1, 0.15) is 17.9 Å². The van der Waals surface area contributed by atoms with E-state index < -0.39 is 0 Å². The molecule has 4 rings (SSSR count). The number of hydrogen-bond donors (Lipinski definition) is 1. The number of benzene rings is 2. The Hall–Kier alpha value is -2.30. The zero-order valence-electron chi connectivity index (χ0n) is 13.3. The van der Waals surface area contributed by atoms with Crippen LogP contribution in [0.4, 0.5) is 0 Å². The van der Waals surface area contributed by atoms with Crippen LogP contribution in [0.3, 0.4) is 0 Å². The summed E-state index contributed by atoms with van der Waals surface area (Å²) in [7, 11) is 0. The maximum Gasteiger partial charge on any atom is 0.226 e. The summed E-state index contributed by atoms with van der Waals surface area (Å²) in [5.41, 5.74) is 3.18. The van der Waals surface area contributed by atoms with Crippen molar-refractivity contribution in [1.29, 1.82) is 0 Å². The Morgan fingerprint density at radius 1 is 1.04 bits per heavy atom. The quantitative estimate of drug-likeness (QED) is 0.489. The number of nitrogens with zero attached hydrogens (tertiary/aromatic N) is 2. The van der Waals surface area contributed by atoms with Gasteiger partial charge in [0.1, 0.15) is 0 Å². The number of rotatable bonds is 5. The SMILES string of the molecule is Clc1ccc(-c2noc(CCCc3c[nH]c4ccccc34)n2)c(Cl)c1. The Kier molecular flexibility index (Phi) is 4.47. The second-order valence-corrected chi connectivity index (χ2v) is 6.69. The van der Waals surface area contributed by atoms with Crippen molar-refractivity contribution in [3.05, 3.63) is 70.2 Å². The van der Waals surface area contributed by atoms with Crippen molar-refractivity contribution >= 4 is 34.1 Å². The topological polar surface area (TPSA) is 54.7 Å². The van der Waals surface area contributed by atoms with Gasteiger partial charge in [0.25, 0.3) is 0 Å². The van der Waals surface area contributed by atoms with Gasteiger partial charge in [-0.25, -0.2) is 0 Å². The lowest BCUT2D eigenvalue weighted by molar-refractivity contribution is 0.376. The van der Waals surface area contributed by atoms with Crippen LogP contribution in [0.2, 0.25) is 10.0 Å². The molecule has 126 valence electrons. The zero-order valence-corrected chi connectivity index (χ0v) is 14.8. The first kappa shape index (κ1) is 16.2. The molecular formula is C19H15Cl2N3O. The standard InChI is InChI=1S/C19H15Cl2N3O/c20-13-8-9-15(16(21)10-13)19-23-18(25-24-19)7-3-4-12-11-22-17-6-2-1-5-14(12)17/h1-2,5-6,8-11,22H,3-4,7H2. The van der Waals surface area contributed by atoms with E-state index in [1.807, 2.05) is 6.07 Å². The summed E-state index contributed by atoms with van der Waals surface area (Å²) < 4.78 is 5.35. The Morgan fingerprint density at radius 2 is 1.92 bits per heavy atom. The predicted octanol–water partition coefficient (Wildman–Crippen LogP) is 5.70. The number of halogens is 2. The fraction of sp³-hybridized carbons (Fsp3) is 0.158. The van der Waals surface area contributed by atoms with E-state index in [2.05, 4.69) is 39.5 Å². The maximum absolute atomic E-state index is 6.19. The van der Waals surface area contributed by atoms with Crippen LogP contribution < -0.4 is 0 Å². The third-order valence-corrected chi connectivity index (χ3v) is 4.70. The minimum atomic E-state index is 0.490. The molecule has 0 fully saturated rings. The molecule has 0 unspecified atom stereocenters. The van der Waals surface area contributed by atoms with Crippen molar-refractivity contribution in [3.63, 3.8) is 0 Å². The molecule has 1 N–H and O–H groups in total. The molecule has 6 heteroatoms. The third kappa shape index (κ3) is 3.41. The van der Waals surface area contributed by atoms with E-state index in [0.29, 0.717) is 21.8 Å². The average Bonchev–Trinajstić information content (AvgIpc) is 3.23. The van der Waals surface area contributed by atoms with Crippen molar-refractivity contribution in [2.75, 3.05) is 0 Å². The van der Waals surface area contributed by atoms with Gasteiger partial charge in [0.2, 0.25) is 11.7 Å². The molecule has 4 aromatic rings. The Labute approximate surface area is 154 Å². The summed E-state index contributed by atoms with van der Waals surface area (Å²) in [4.78, 5) is 7.74. The maximum atomic E-state index is 6.19. The number of aromatic nitrogens is 3. The van der Waals surface area contributed by atoms with Gasteiger partial charge in [-0.2, -0.15) is 4.98 Å². The number of para-hydroxylation sites is 1. The summed E-state index contributed by atoms with van der Waals surface area (Å²) in [6.07, 6.45) is 4.66. The molecule has 0 spiro atoms. The lowest BCUT2D eigenvalue weighted by atomic mass is 10.1. The van der Waals surface area contributed by atoms with Crippen LogP contribution in [0, 0.1) is 0 Å². The van der Waals surface area contributed by atoms with Crippen LogP contribution >= 0.6 is 23.2 Å². The van der Waals surface area contributed by atoms with Gasteiger partial charge in [-0.3, -0.25) is 0 Å². The first-order valence-corrected chi connectivity index (χ1v) is 8.79. The molecule has 0 aliphatic rings. The number of H-pyrrole nitrogens is 1. The van der Waals surface area contributed by atoms with E-state index in [9.17, 15) is 0 Å². The largest absolute Gasteiger partial charge is 0.361 e. The normalized spacial score (nSPS) is 11.3. The number of hydrogen-bond acceptors (Lipinski definition) is 3. The predicted molar refractivity (Wildman–Crippen MR) is 100 cm³/mol. The van der Waals surface area contributed by atoms with Crippen LogP contribution in [0.25, 0.3) is 22.3 Å². The van der Waals surface area contributed by atoms with Gasteiger partial charge in [0, 0.05) is 34.1 Å². The molecule has 0 bridgehead atoms. The van der Waals surface area contributed by atoms with Crippen molar-refractivity contribution < 1.29 is 4.52 Å². The molecule has 4 nitrogen and oxygen atoms in total. The van der Waals surface area contributed by atoms with Crippen molar-refractivity contribution in [2.45, 2.75) is 19.3 Å². The van der Waals surface area contributed by atoms with Crippen LogP contribution in [-0.2, 0) is 12.8 Å². The van der Waals surface area contributed by atoms with Crippen molar-refractivity contribution in [3.8, 4) is 11.4 Å². The molecule has 2 aromatic carbocycles. The Bertz CT molecular complexity index is 1020. The fourth-order valence-electron chi connectivity index (χ4n) is 2.91. The van der Waals surface area contributed by atoms with Gasteiger partial charge in [-0.15, -0.1) is 0 Å². The van der Waals surface area contributed by atoms with Gasteiger partial charge in [0.05, 0.1) is 5.02 Å². The van der Waals surface area contributed by atoms with Gasteiger partial charge >= 0.3 is 0 Å². The van der Waals surface area contributed by atoms with E-state index in [1.54, 1.807) is 18.2 Å². The van der Waals surface area contributed by atoms with E-state index in [4.69, 9.17) is 27.7 Å². The highest BCUT2D eigenvalue weighted by molar-refractivity contribution is 6.36. The highest BCUT2D eigenvalue weighted by Crippen LogP contribution is 2.28. The second-order valence-electron chi connectivity index (χ2n) is 5.85. The smallest absolute Gasteiger partial charge is 0.226 e. The van der Waals surface area contributed by atoms with Crippen molar-refractivity contribution in [2.24, 2.45) is 0 Å². The average molecular weight is 372 g/mol. The van der Waals surface area contributed by atoms with E-state index in [0.717, 1.165) is 30.3 Å². The van der Waals surface area contributed by atoms with Gasteiger partial charge < -0.3 is 9.51 Å². The van der Waals surface area contributed by atoms with Crippen LogP contribution in [0.5, 0.6) is 0 Å².